The number of aromatic nitrogens is 3. The molecule has 1 saturated heterocycles. The standard InChI is InChI=1S/C28H31FN6O4S/c1-3-4-15-40(38,39)35(37)24-9-5-7-20(26(24)29)27(36)22-18-31-28-21(22)16-19(17-30-28)23-8-6-10-25(32-23)34-13-11-33(2)12-14-34/h5-10,16-18,35H,3-4,11-15H2,1-2H3,(H,30,31). The van der Waals surface area contributed by atoms with E-state index in [2.05, 4.69) is 26.8 Å². The number of hydrogen-bond acceptors (Lipinski definition) is 8. The van der Waals surface area contributed by atoms with Crippen LogP contribution in [-0.2, 0) is 10.0 Å². The molecule has 0 bridgehead atoms. The van der Waals surface area contributed by atoms with E-state index in [4.69, 9.17) is 4.98 Å². The number of sulfonamides is 1. The number of nitrogens with zero attached hydrogens (tertiary/aromatic N) is 4. The van der Waals surface area contributed by atoms with E-state index in [-0.39, 0.29) is 17.7 Å². The van der Waals surface area contributed by atoms with Gasteiger partial charge in [-0.2, -0.15) is 12.8 Å². The normalized spacial score (nSPS) is 15.4. The third-order valence-corrected chi connectivity index (χ3v) is 8.76. The summed E-state index contributed by atoms with van der Waals surface area (Å²) in [6.45, 7) is 5.42. The Morgan fingerprint density at radius 2 is 1.88 bits per heavy atom. The summed E-state index contributed by atoms with van der Waals surface area (Å²) in [6.07, 6.45) is 3.94. The minimum Gasteiger partial charge on any atom is -0.613 e. The molecular formula is C28H31FN6O4S. The van der Waals surface area contributed by atoms with Crippen molar-refractivity contribution in [2.24, 2.45) is 0 Å². The summed E-state index contributed by atoms with van der Waals surface area (Å²) in [5.74, 6) is -1.37. The first-order valence-corrected chi connectivity index (χ1v) is 14.8. The molecule has 1 fully saturated rings. The number of benzene rings is 1. The number of carbonyl (C=O) groups excluding carboxylic acids is 1. The van der Waals surface area contributed by atoms with Crippen molar-refractivity contribution in [1.29, 1.82) is 0 Å². The molecule has 3 aromatic heterocycles. The molecule has 1 aliphatic rings. The number of hydrogen-bond donors (Lipinski definition) is 2. The van der Waals surface area contributed by atoms with Crippen molar-refractivity contribution >= 4 is 38.3 Å². The topological polar surface area (TPSA) is 127 Å². The highest BCUT2D eigenvalue weighted by atomic mass is 32.2. The minimum atomic E-state index is -4.20. The van der Waals surface area contributed by atoms with Crippen molar-refractivity contribution in [3.8, 4) is 11.3 Å². The Kier molecular flexibility index (Phi) is 7.95. The molecule has 1 aromatic carbocycles. The van der Waals surface area contributed by atoms with Gasteiger partial charge in [0, 0.05) is 61.2 Å². The second-order valence-corrected chi connectivity index (χ2v) is 12.0. The van der Waals surface area contributed by atoms with Crippen LogP contribution in [0.25, 0.3) is 22.3 Å². The summed E-state index contributed by atoms with van der Waals surface area (Å²) >= 11 is 0. The van der Waals surface area contributed by atoms with E-state index in [9.17, 15) is 18.4 Å². The molecule has 1 aliphatic heterocycles. The first-order valence-electron chi connectivity index (χ1n) is 13.2. The second-order valence-electron chi connectivity index (χ2n) is 9.95. The number of pyridine rings is 2. The number of quaternary nitrogens is 1. The fourth-order valence-electron chi connectivity index (χ4n) is 4.73. The van der Waals surface area contributed by atoms with Crippen molar-refractivity contribution in [2.75, 3.05) is 43.9 Å². The smallest absolute Gasteiger partial charge is 0.300 e. The number of H-pyrrole nitrogens is 1. The van der Waals surface area contributed by atoms with Gasteiger partial charge >= 0.3 is 0 Å². The third-order valence-electron chi connectivity index (χ3n) is 7.15. The molecule has 2 N–H and O–H groups in total. The maximum atomic E-state index is 15.5. The predicted molar refractivity (Wildman–Crippen MR) is 152 cm³/mol. The van der Waals surface area contributed by atoms with Gasteiger partial charge in [0.15, 0.2) is 17.3 Å². The second kappa shape index (κ2) is 11.4. The molecule has 0 spiro atoms. The number of ketones is 1. The zero-order chi connectivity index (χ0) is 28.4. The minimum absolute atomic E-state index is 0.150. The number of halogens is 1. The van der Waals surface area contributed by atoms with Gasteiger partial charge < -0.3 is 20.0 Å². The molecule has 40 heavy (non-hydrogen) atoms. The lowest BCUT2D eigenvalue weighted by molar-refractivity contribution is -0.626. The van der Waals surface area contributed by atoms with Crippen LogP contribution in [-0.4, -0.2) is 73.0 Å². The number of aromatic amines is 1. The Labute approximate surface area is 232 Å². The van der Waals surface area contributed by atoms with Crippen LogP contribution in [0.3, 0.4) is 0 Å². The van der Waals surface area contributed by atoms with Gasteiger partial charge in [-0.1, -0.05) is 25.5 Å². The van der Waals surface area contributed by atoms with E-state index in [1.165, 1.54) is 18.3 Å². The number of rotatable bonds is 9. The lowest BCUT2D eigenvalue weighted by Gasteiger charge is -2.33. The molecule has 1 unspecified atom stereocenters. The van der Waals surface area contributed by atoms with Crippen molar-refractivity contribution in [3.63, 3.8) is 0 Å². The molecule has 10 nitrogen and oxygen atoms in total. The lowest BCUT2D eigenvalue weighted by atomic mass is 10.0. The van der Waals surface area contributed by atoms with Gasteiger partial charge in [0.1, 0.15) is 17.2 Å². The number of unbranched alkanes of at least 4 members (excludes halogenated alkanes) is 1. The zero-order valence-corrected chi connectivity index (χ0v) is 23.2. The van der Waals surface area contributed by atoms with Crippen LogP contribution < -0.4 is 9.37 Å². The van der Waals surface area contributed by atoms with Gasteiger partial charge in [-0.15, -0.1) is 0 Å². The number of fused-ring (bicyclic) bond motifs is 1. The highest BCUT2D eigenvalue weighted by Crippen LogP contribution is 2.28. The number of nitrogens with one attached hydrogen (secondary N) is 2. The monoisotopic (exact) mass is 566 g/mol. The van der Waals surface area contributed by atoms with Crippen LogP contribution >= 0.6 is 0 Å². The third kappa shape index (κ3) is 5.48. The highest BCUT2D eigenvalue weighted by Gasteiger charge is 2.28. The van der Waals surface area contributed by atoms with Crippen molar-refractivity contribution < 1.29 is 22.1 Å². The van der Waals surface area contributed by atoms with E-state index in [1.54, 1.807) is 19.2 Å². The van der Waals surface area contributed by atoms with Gasteiger partial charge in [-0.05, 0) is 37.7 Å². The molecule has 4 heterocycles. The van der Waals surface area contributed by atoms with E-state index in [0.29, 0.717) is 28.7 Å². The van der Waals surface area contributed by atoms with Crippen LogP contribution in [0.1, 0.15) is 35.7 Å². The maximum absolute atomic E-state index is 15.5. The fraction of sp³-hybridized carbons (Fsp3) is 0.321. The Morgan fingerprint density at radius 1 is 1.12 bits per heavy atom. The van der Waals surface area contributed by atoms with Crippen molar-refractivity contribution in [1.82, 2.24) is 19.9 Å². The lowest BCUT2D eigenvalue weighted by Crippen LogP contribution is -3.05. The fourth-order valence-corrected chi connectivity index (χ4v) is 6.08. The highest BCUT2D eigenvalue weighted by molar-refractivity contribution is 7.85. The molecule has 12 heteroatoms. The number of carbonyl (C=O) groups is 1. The molecular weight excluding hydrogens is 535 g/mol. The molecule has 0 radical (unpaired) electrons. The summed E-state index contributed by atoms with van der Waals surface area (Å²) in [5, 5.41) is 13.1. The maximum Gasteiger partial charge on any atom is 0.300 e. The van der Waals surface area contributed by atoms with Gasteiger partial charge in [0.05, 0.1) is 11.3 Å². The van der Waals surface area contributed by atoms with Crippen LogP contribution in [0.5, 0.6) is 0 Å². The Hall–Kier alpha value is -3.71. The summed E-state index contributed by atoms with van der Waals surface area (Å²) in [5.41, 5.74) is 0.919. The first kappa shape index (κ1) is 27.8. The average molecular weight is 567 g/mol. The molecule has 0 aliphatic carbocycles. The molecule has 5 rings (SSSR count). The van der Waals surface area contributed by atoms with E-state index < -0.39 is 37.3 Å². The van der Waals surface area contributed by atoms with Crippen LogP contribution in [0.2, 0.25) is 0 Å². The number of piperazine rings is 1. The van der Waals surface area contributed by atoms with Gasteiger partial charge in [-0.25, -0.2) is 14.4 Å². The SMILES string of the molecule is CCCCS(=O)(=O)[NH+]([O-])c1cccc(C(=O)c2c[nH]c3ncc(-c4cccc(N5CCN(C)CC5)n4)cc23)c1F. The Balaban J connectivity index is 1.47. The largest absolute Gasteiger partial charge is 0.613 e. The predicted octanol–water partition coefficient (Wildman–Crippen LogP) is 2.89. The average Bonchev–Trinajstić information content (AvgIpc) is 3.39. The molecule has 0 saturated carbocycles. The van der Waals surface area contributed by atoms with Crippen molar-refractivity contribution in [3.05, 3.63) is 77.0 Å². The van der Waals surface area contributed by atoms with Crippen molar-refractivity contribution in [2.45, 2.75) is 19.8 Å². The summed E-state index contributed by atoms with van der Waals surface area (Å²) in [7, 11) is -2.11. The van der Waals surface area contributed by atoms with Gasteiger partial charge in [0.25, 0.3) is 10.0 Å². The number of likely N-dealkylation sites (N-methyl/N-ethyl adjacent to an activating group) is 1. The zero-order valence-electron chi connectivity index (χ0n) is 22.4. The Bertz CT molecular complexity index is 1650. The van der Waals surface area contributed by atoms with Gasteiger partial charge in [-0.3, -0.25) is 4.79 Å². The molecule has 1 atom stereocenters. The van der Waals surface area contributed by atoms with E-state index in [1.807, 2.05) is 18.2 Å². The van der Waals surface area contributed by atoms with Crippen LogP contribution in [0, 0.1) is 11.0 Å². The van der Waals surface area contributed by atoms with Crippen LogP contribution in [0.15, 0.2) is 54.9 Å². The number of anilines is 1. The van der Waals surface area contributed by atoms with E-state index >= 15 is 4.39 Å². The Morgan fingerprint density at radius 3 is 2.62 bits per heavy atom. The molecule has 210 valence electrons. The van der Waals surface area contributed by atoms with Gasteiger partial charge in [0.2, 0.25) is 0 Å². The quantitative estimate of drug-likeness (QED) is 0.234. The molecule has 4 aromatic rings. The summed E-state index contributed by atoms with van der Waals surface area (Å²) in [6, 6.07) is 11.2. The summed E-state index contributed by atoms with van der Waals surface area (Å²) in [4.78, 5) is 30.2. The van der Waals surface area contributed by atoms with E-state index in [0.717, 1.165) is 38.1 Å². The molecule has 0 amide bonds. The summed E-state index contributed by atoms with van der Waals surface area (Å²) < 4.78 is 39.0. The first-order chi connectivity index (χ1) is 19.2. The van der Waals surface area contributed by atoms with Crippen LogP contribution in [0.4, 0.5) is 15.9 Å².